The Labute approximate surface area is 101 Å². The van der Waals surface area contributed by atoms with Gasteiger partial charge in [0, 0.05) is 6.04 Å². The molecular weight excluding hydrogens is 233 g/mol. The van der Waals surface area contributed by atoms with Gasteiger partial charge in [0.05, 0.1) is 5.92 Å². The van der Waals surface area contributed by atoms with E-state index in [0.717, 1.165) is 0 Å². The Morgan fingerprint density at radius 3 is 2.33 bits per heavy atom. The molecule has 0 saturated heterocycles. The number of carbonyl (C=O) groups is 1. The molecule has 2 unspecified atom stereocenters. The maximum absolute atomic E-state index is 11.8. The van der Waals surface area contributed by atoms with Crippen molar-refractivity contribution < 1.29 is 4.79 Å². The molecule has 0 radical (unpaired) electrons. The first-order valence-corrected chi connectivity index (χ1v) is 5.85. The Bertz CT molecular complexity index is 293. The molecule has 0 bridgehead atoms. The van der Waals surface area contributed by atoms with E-state index < -0.39 is 0 Å². The standard InChI is InChI=1S/C11H17Cl2NO/c1-6(2)14-10(15)9-7(5-8(12)13)11(9,3)4/h5-7,9H,1-4H3,(H,14,15). The highest BCUT2D eigenvalue weighted by Crippen LogP contribution is 2.59. The summed E-state index contributed by atoms with van der Waals surface area (Å²) in [5.74, 6) is 0.236. The summed E-state index contributed by atoms with van der Waals surface area (Å²) in [6.07, 6.45) is 1.76. The fourth-order valence-electron chi connectivity index (χ4n) is 2.00. The van der Waals surface area contributed by atoms with Crippen LogP contribution in [0, 0.1) is 17.3 Å². The van der Waals surface area contributed by atoms with Gasteiger partial charge in [0.2, 0.25) is 5.91 Å². The summed E-state index contributed by atoms with van der Waals surface area (Å²) in [4.78, 5) is 11.8. The van der Waals surface area contributed by atoms with Crippen LogP contribution >= 0.6 is 23.2 Å². The number of amides is 1. The molecule has 1 amide bonds. The van der Waals surface area contributed by atoms with Gasteiger partial charge in [0.25, 0.3) is 0 Å². The quantitative estimate of drug-likeness (QED) is 0.819. The third-order valence-corrected chi connectivity index (χ3v) is 3.18. The number of hydrogen-bond donors (Lipinski definition) is 1. The molecule has 15 heavy (non-hydrogen) atoms. The SMILES string of the molecule is CC(C)NC(=O)C1C(C=C(Cl)Cl)C1(C)C. The molecule has 1 rings (SSSR count). The zero-order valence-electron chi connectivity index (χ0n) is 9.47. The van der Waals surface area contributed by atoms with Crippen LogP contribution < -0.4 is 5.32 Å². The monoisotopic (exact) mass is 249 g/mol. The molecule has 1 aliphatic carbocycles. The van der Waals surface area contributed by atoms with E-state index in [9.17, 15) is 4.79 Å². The minimum absolute atomic E-state index is 0.00704. The highest BCUT2D eigenvalue weighted by atomic mass is 35.5. The minimum Gasteiger partial charge on any atom is -0.354 e. The van der Waals surface area contributed by atoms with Crippen LogP contribution in [0.1, 0.15) is 27.7 Å². The molecule has 2 atom stereocenters. The van der Waals surface area contributed by atoms with E-state index in [0.29, 0.717) is 0 Å². The van der Waals surface area contributed by atoms with Crippen molar-refractivity contribution in [3.05, 3.63) is 10.6 Å². The first-order valence-electron chi connectivity index (χ1n) is 5.10. The summed E-state index contributed by atoms with van der Waals surface area (Å²) in [7, 11) is 0. The van der Waals surface area contributed by atoms with Gasteiger partial charge in [-0.1, -0.05) is 37.0 Å². The first-order chi connectivity index (χ1) is 6.76. The molecular formula is C11H17Cl2NO. The van der Waals surface area contributed by atoms with Crippen LogP contribution in [0.25, 0.3) is 0 Å². The van der Waals surface area contributed by atoms with Crippen LogP contribution in [0.3, 0.4) is 0 Å². The normalized spacial score (nSPS) is 27.4. The number of allylic oxidation sites excluding steroid dienone is 1. The molecule has 86 valence electrons. The van der Waals surface area contributed by atoms with Crippen LogP contribution in [0.4, 0.5) is 0 Å². The summed E-state index contributed by atoms with van der Waals surface area (Å²) < 4.78 is 0.243. The smallest absolute Gasteiger partial charge is 0.224 e. The zero-order chi connectivity index (χ0) is 11.8. The van der Waals surface area contributed by atoms with Gasteiger partial charge in [-0.05, 0) is 31.3 Å². The predicted octanol–water partition coefficient (Wildman–Crippen LogP) is 3.10. The maximum atomic E-state index is 11.8. The molecule has 1 saturated carbocycles. The fraction of sp³-hybridized carbons (Fsp3) is 0.727. The molecule has 0 aromatic heterocycles. The van der Waals surface area contributed by atoms with Gasteiger partial charge in [-0.2, -0.15) is 0 Å². The molecule has 2 nitrogen and oxygen atoms in total. The van der Waals surface area contributed by atoms with Gasteiger partial charge in [-0.3, -0.25) is 4.79 Å². The van der Waals surface area contributed by atoms with E-state index in [4.69, 9.17) is 23.2 Å². The van der Waals surface area contributed by atoms with Crippen LogP contribution in [-0.4, -0.2) is 11.9 Å². The Hall–Kier alpha value is -0.210. The number of halogens is 2. The van der Waals surface area contributed by atoms with E-state index in [1.165, 1.54) is 0 Å². The summed E-state index contributed by atoms with van der Waals surface area (Å²) in [5, 5.41) is 2.91. The van der Waals surface area contributed by atoms with Gasteiger partial charge >= 0.3 is 0 Å². The largest absolute Gasteiger partial charge is 0.354 e. The lowest BCUT2D eigenvalue weighted by Crippen LogP contribution is -2.32. The highest BCUT2D eigenvalue weighted by Gasteiger charge is 2.60. The van der Waals surface area contributed by atoms with Gasteiger partial charge in [0.1, 0.15) is 4.49 Å². The number of rotatable bonds is 3. The van der Waals surface area contributed by atoms with Gasteiger partial charge in [-0.25, -0.2) is 0 Å². The van der Waals surface area contributed by atoms with Crippen LogP contribution in [-0.2, 0) is 4.79 Å². The van der Waals surface area contributed by atoms with E-state index in [1.54, 1.807) is 6.08 Å². The van der Waals surface area contributed by atoms with Gasteiger partial charge in [0.15, 0.2) is 0 Å². The minimum atomic E-state index is -0.0337. The van der Waals surface area contributed by atoms with Gasteiger partial charge < -0.3 is 5.32 Å². The molecule has 0 heterocycles. The molecule has 1 fully saturated rings. The predicted molar refractivity (Wildman–Crippen MR) is 63.8 cm³/mol. The Morgan fingerprint density at radius 1 is 1.40 bits per heavy atom. The first kappa shape index (κ1) is 12.9. The third kappa shape index (κ3) is 2.88. The van der Waals surface area contributed by atoms with Crippen molar-refractivity contribution in [2.24, 2.45) is 17.3 Å². The zero-order valence-corrected chi connectivity index (χ0v) is 11.0. The lowest BCUT2D eigenvalue weighted by Gasteiger charge is -2.08. The molecule has 4 heteroatoms. The van der Waals surface area contributed by atoms with Crippen molar-refractivity contribution in [3.63, 3.8) is 0 Å². The van der Waals surface area contributed by atoms with Crippen molar-refractivity contribution >= 4 is 29.1 Å². The van der Waals surface area contributed by atoms with Crippen molar-refractivity contribution in [3.8, 4) is 0 Å². The van der Waals surface area contributed by atoms with E-state index in [2.05, 4.69) is 19.2 Å². The summed E-state index contributed by atoms with van der Waals surface area (Å²) in [6.45, 7) is 8.00. The summed E-state index contributed by atoms with van der Waals surface area (Å²) in [5.41, 5.74) is -0.0337. The lowest BCUT2D eigenvalue weighted by atomic mass is 10.1. The molecule has 0 aromatic rings. The van der Waals surface area contributed by atoms with Crippen LogP contribution in [0.15, 0.2) is 10.6 Å². The average molecular weight is 250 g/mol. The van der Waals surface area contributed by atoms with E-state index in [1.807, 2.05) is 13.8 Å². The average Bonchev–Trinajstić information content (AvgIpc) is 2.49. The number of hydrogen-bond acceptors (Lipinski definition) is 1. The summed E-state index contributed by atoms with van der Waals surface area (Å²) >= 11 is 11.2. The van der Waals surface area contributed by atoms with Gasteiger partial charge in [-0.15, -0.1) is 0 Å². The third-order valence-electron chi connectivity index (χ3n) is 2.93. The Balaban J connectivity index is 2.66. The van der Waals surface area contributed by atoms with E-state index >= 15 is 0 Å². The molecule has 1 aliphatic rings. The second-order valence-corrected chi connectivity index (χ2v) is 5.95. The maximum Gasteiger partial charge on any atom is 0.224 e. The molecule has 0 spiro atoms. The lowest BCUT2D eigenvalue weighted by molar-refractivity contribution is -0.123. The van der Waals surface area contributed by atoms with E-state index in [-0.39, 0.29) is 33.7 Å². The van der Waals surface area contributed by atoms with Crippen molar-refractivity contribution in [1.29, 1.82) is 0 Å². The number of nitrogens with one attached hydrogen (secondary N) is 1. The Kier molecular flexibility index (Phi) is 3.72. The van der Waals surface area contributed by atoms with Crippen LogP contribution in [0.2, 0.25) is 0 Å². The van der Waals surface area contributed by atoms with Crippen molar-refractivity contribution in [2.75, 3.05) is 0 Å². The Morgan fingerprint density at radius 2 is 1.93 bits per heavy atom. The van der Waals surface area contributed by atoms with Crippen molar-refractivity contribution in [1.82, 2.24) is 5.32 Å². The molecule has 1 N–H and O–H groups in total. The second kappa shape index (κ2) is 4.34. The number of carbonyl (C=O) groups excluding carboxylic acids is 1. The highest BCUT2D eigenvalue weighted by molar-refractivity contribution is 6.55. The fourth-order valence-corrected chi connectivity index (χ4v) is 2.27. The molecule has 0 aromatic carbocycles. The molecule has 0 aliphatic heterocycles. The topological polar surface area (TPSA) is 29.1 Å². The summed E-state index contributed by atoms with van der Waals surface area (Å²) in [6, 6.07) is 0.171. The second-order valence-electron chi connectivity index (χ2n) is 4.94. The van der Waals surface area contributed by atoms with Crippen molar-refractivity contribution in [2.45, 2.75) is 33.7 Å². The van der Waals surface area contributed by atoms with Crippen LogP contribution in [0.5, 0.6) is 0 Å².